The third kappa shape index (κ3) is 4.51. The van der Waals surface area contributed by atoms with Gasteiger partial charge in [0.25, 0.3) is 0 Å². The van der Waals surface area contributed by atoms with Crippen LogP contribution in [0, 0.1) is 11.6 Å². The lowest BCUT2D eigenvalue weighted by molar-refractivity contribution is -0.121. The Kier molecular flexibility index (Phi) is 5.67. The molecule has 1 aliphatic heterocycles. The van der Waals surface area contributed by atoms with E-state index < -0.39 is 11.6 Å². The van der Waals surface area contributed by atoms with Crippen LogP contribution in [0.25, 0.3) is 5.69 Å². The maximum atomic E-state index is 13.7. The monoisotopic (exact) mass is 396 g/mol. The van der Waals surface area contributed by atoms with Gasteiger partial charge >= 0.3 is 0 Å². The van der Waals surface area contributed by atoms with E-state index >= 15 is 0 Å². The molecule has 0 bridgehead atoms. The lowest BCUT2D eigenvalue weighted by atomic mass is 9.86. The minimum atomic E-state index is -0.862. The van der Waals surface area contributed by atoms with Crippen LogP contribution in [0.2, 0.25) is 0 Å². The van der Waals surface area contributed by atoms with Crippen LogP contribution in [0.3, 0.4) is 0 Å². The molecule has 7 heteroatoms. The van der Waals surface area contributed by atoms with Crippen molar-refractivity contribution in [2.24, 2.45) is 0 Å². The zero-order valence-electron chi connectivity index (χ0n) is 15.8. The normalized spacial score (nSPS) is 19.1. The quantitative estimate of drug-likeness (QED) is 0.697. The second kappa shape index (κ2) is 8.53. The number of piperidine rings is 1. The molecule has 1 aromatic heterocycles. The first-order valence-electron chi connectivity index (χ1n) is 9.64. The Balaban J connectivity index is 1.42. The summed E-state index contributed by atoms with van der Waals surface area (Å²) >= 11 is 0. The van der Waals surface area contributed by atoms with Crippen molar-refractivity contribution in [3.8, 4) is 5.69 Å². The van der Waals surface area contributed by atoms with Gasteiger partial charge in [-0.2, -0.15) is 5.10 Å². The van der Waals surface area contributed by atoms with Crippen molar-refractivity contribution in [2.45, 2.75) is 24.8 Å². The molecule has 4 rings (SSSR count). The Morgan fingerprint density at radius 1 is 1.17 bits per heavy atom. The minimum Gasteiger partial charge on any atom is -0.351 e. The van der Waals surface area contributed by atoms with Gasteiger partial charge in [0.2, 0.25) is 5.91 Å². The zero-order chi connectivity index (χ0) is 20.2. The van der Waals surface area contributed by atoms with E-state index in [9.17, 15) is 13.6 Å². The van der Waals surface area contributed by atoms with E-state index in [0.29, 0.717) is 12.1 Å². The van der Waals surface area contributed by atoms with E-state index in [1.807, 2.05) is 36.5 Å². The van der Waals surface area contributed by atoms with Gasteiger partial charge in [-0.25, -0.2) is 13.5 Å². The molecule has 1 saturated heterocycles. The van der Waals surface area contributed by atoms with Crippen molar-refractivity contribution in [1.29, 1.82) is 0 Å². The van der Waals surface area contributed by atoms with Crippen LogP contribution >= 0.6 is 0 Å². The van der Waals surface area contributed by atoms with E-state index in [4.69, 9.17) is 0 Å². The maximum absolute atomic E-state index is 13.7. The summed E-state index contributed by atoms with van der Waals surface area (Å²) in [7, 11) is 0. The standard InChI is InChI=1S/C22H22F2N4O/c23-19-7-6-16(11-20(19)24)18-8-9-25-13-21(18)27-22(29)10-15-12-26-28(14-15)17-4-2-1-3-5-17/h1-7,11-12,14,18,21,25H,8-10,13H2,(H,27,29). The van der Waals surface area contributed by atoms with Crippen molar-refractivity contribution < 1.29 is 13.6 Å². The van der Waals surface area contributed by atoms with Crippen LogP contribution in [0.1, 0.15) is 23.5 Å². The number of rotatable bonds is 5. The molecule has 5 nitrogen and oxygen atoms in total. The van der Waals surface area contributed by atoms with Crippen LogP contribution in [-0.2, 0) is 11.2 Å². The lowest BCUT2D eigenvalue weighted by Gasteiger charge is -2.33. The third-order valence-electron chi connectivity index (χ3n) is 5.22. The first-order chi connectivity index (χ1) is 14.1. The predicted molar refractivity (Wildman–Crippen MR) is 106 cm³/mol. The van der Waals surface area contributed by atoms with E-state index in [-0.39, 0.29) is 24.3 Å². The molecule has 29 heavy (non-hydrogen) atoms. The average molecular weight is 396 g/mol. The minimum absolute atomic E-state index is 0.0673. The van der Waals surface area contributed by atoms with Crippen molar-refractivity contribution in [2.75, 3.05) is 13.1 Å². The van der Waals surface area contributed by atoms with Crippen LogP contribution in [-0.4, -0.2) is 34.8 Å². The number of aromatic nitrogens is 2. The van der Waals surface area contributed by atoms with E-state index in [1.165, 1.54) is 6.07 Å². The second-order valence-electron chi connectivity index (χ2n) is 7.25. The largest absolute Gasteiger partial charge is 0.351 e. The average Bonchev–Trinajstić information content (AvgIpc) is 3.19. The Morgan fingerprint density at radius 3 is 2.79 bits per heavy atom. The summed E-state index contributed by atoms with van der Waals surface area (Å²) in [5, 5.41) is 10.6. The highest BCUT2D eigenvalue weighted by atomic mass is 19.2. The van der Waals surface area contributed by atoms with Crippen molar-refractivity contribution >= 4 is 5.91 Å². The number of amides is 1. The number of nitrogens with one attached hydrogen (secondary N) is 2. The molecule has 0 saturated carbocycles. The Bertz CT molecular complexity index is 989. The summed E-state index contributed by atoms with van der Waals surface area (Å²) in [5.74, 6) is -1.92. The van der Waals surface area contributed by atoms with Crippen LogP contribution in [0.5, 0.6) is 0 Å². The molecule has 2 aromatic carbocycles. The molecule has 1 aliphatic rings. The summed E-state index contributed by atoms with van der Waals surface area (Å²) in [4.78, 5) is 12.6. The van der Waals surface area contributed by atoms with Crippen LogP contribution in [0.15, 0.2) is 60.9 Å². The lowest BCUT2D eigenvalue weighted by Crippen LogP contribution is -2.50. The molecular formula is C22H22F2N4O. The second-order valence-corrected chi connectivity index (χ2v) is 7.25. The van der Waals surface area contributed by atoms with Gasteiger partial charge in [-0.15, -0.1) is 0 Å². The van der Waals surface area contributed by atoms with Crippen LogP contribution in [0.4, 0.5) is 8.78 Å². The van der Waals surface area contributed by atoms with Gasteiger partial charge < -0.3 is 10.6 Å². The Morgan fingerprint density at radius 2 is 2.00 bits per heavy atom. The molecule has 0 spiro atoms. The molecule has 2 unspecified atom stereocenters. The topological polar surface area (TPSA) is 59.0 Å². The summed E-state index contributed by atoms with van der Waals surface area (Å²) in [6, 6.07) is 13.5. The summed E-state index contributed by atoms with van der Waals surface area (Å²) < 4.78 is 28.7. The smallest absolute Gasteiger partial charge is 0.224 e. The highest BCUT2D eigenvalue weighted by molar-refractivity contribution is 5.79. The molecule has 2 N–H and O–H groups in total. The SMILES string of the molecule is O=C(Cc1cnn(-c2ccccc2)c1)NC1CNCCC1c1ccc(F)c(F)c1. The first-order valence-corrected chi connectivity index (χ1v) is 9.64. The number of nitrogens with zero attached hydrogens (tertiary/aromatic N) is 2. The number of carbonyl (C=O) groups is 1. The summed E-state index contributed by atoms with van der Waals surface area (Å²) in [5.41, 5.74) is 2.43. The third-order valence-corrected chi connectivity index (χ3v) is 5.22. The van der Waals surface area contributed by atoms with Crippen molar-refractivity contribution in [1.82, 2.24) is 20.4 Å². The van der Waals surface area contributed by atoms with Gasteiger partial charge in [-0.05, 0) is 48.4 Å². The summed E-state index contributed by atoms with van der Waals surface area (Å²) in [6.45, 7) is 1.35. The van der Waals surface area contributed by atoms with E-state index in [0.717, 1.165) is 30.3 Å². The van der Waals surface area contributed by atoms with Gasteiger partial charge in [-0.1, -0.05) is 24.3 Å². The fraction of sp³-hybridized carbons (Fsp3) is 0.273. The number of benzene rings is 2. The molecule has 3 aromatic rings. The first kappa shape index (κ1) is 19.3. The molecule has 2 heterocycles. The maximum Gasteiger partial charge on any atom is 0.224 e. The zero-order valence-corrected chi connectivity index (χ0v) is 15.8. The summed E-state index contributed by atoms with van der Waals surface area (Å²) in [6.07, 6.45) is 4.45. The number of hydrogen-bond acceptors (Lipinski definition) is 3. The fourth-order valence-electron chi connectivity index (χ4n) is 3.77. The molecule has 0 aliphatic carbocycles. The molecule has 1 amide bonds. The Labute approximate surface area is 167 Å². The number of halogens is 2. The number of hydrogen-bond donors (Lipinski definition) is 2. The highest BCUT2D eigenvalue weighted by Gasteiger charge is 2.28. The fourth-order valence-corrected chi connectivity index (χ4v) is 3.77. The van der Waals surface area contributed by atoms with Crippen molar-refractivity contribution in [3.63, 3.8) is 0 Å². The number of carbonyl (C=O) groups excluding carboxylic acids is 1. The molecule has 150 valence electrons. The van der Waals surface area contributed by atoms with E-state index in [1.54, 1.807) is 16.9 Å². The van der Waals surface area contributed by atoms with Gasteiger partial charge in [-0.3, -0.25) is 4.79 Å². The van der Waals surface area contributed by atoms with Gasteiger partial charge in [0.1, 0.15) is 0 Å². The van der Waals surface area contributed by atoms with Crippen LogP contribution < -0.4 is 10.6 Å². The number of para-hydroxylation sites is 1. The van der Waals surface area contributed by atoms with Gasteiger partial charge in [0.15, 0.2) is 11.6 Å². The molecular weight excluding hydrogens is 374 g/mol. The van der Waals surface area contributed by atoms with Crippen molar-refractivity contribution in [3.05, 3.63) is 83.7 Å². The molecule has 2 atom stereocenters. The Hall–Kier alpha value is -3.06. The van der Waals surface area contributed by atoms with E-state index in [2.05, 4.69) is 15.7 Å². The molecule has 0 radical (unpaired) electrons. The van der Waals surface area contributed by atoms with Gasteiger partial charge in [0.05, 0.1) is 18.3 Å². The highest BCUT2D eigenvalue weighted by Crippen LogP contribution is 2.27. The predicted octanol–water partition coefficient (Wildman–Crippen LogP) is 2.95. The molecule has 1 fully saturated rings. The van der Waals surface area contributed by atoms with Gasteiger partial charge in [0, 0.05) is 24.7 Å².